The molecule has 8 nitrogen and oxygen atoms in total. The van der Waals surface area contributed by atoms with Crippen molar-refractivity contribution in [1.82, 2.24) is 9.96 Å². The Labute approximate surface area is 165 Å². The summed E-state index contributed by atoms with van der Waals surface area (Å²) in [7, 11) is 0. The minimum absolute atomic E-state index is 0.0506. The van der Waals surface area contributed by atoms with E-state index < -0.39 is 54.3 Å². The van der Waals surface area contributed by atoms with Crippen LogP contribution in [0, 0.1) is 5.92 Å². The molecule has 0 aliphatic carbocycles. The first-order valence-electron chi connectivity index (χ1n) is 8.93. The van der Waals surface area contributed by atoms with Gasteiger partial charge in [0.05, 0.1) is 23.6 Å². The van der Waals surface area contributed by atoms with Crippen molar-refractivity contribution in [1.29, 1.82) is 0 Å². The molecular formula is C19H20F2N2O6. The summed E-state index contributed by atoms with van der Waals surface area (Å²) >= 11 is 0. The zero-order chi connectivity index (χ0) is 21.6. The Morgan fingerprint density at radius 3 is 2.17 bits per heavy atom. The van der Waals surface area contributed by atoms with E-state index in [1.165, 1.54) is 24.3 Å². The Balaban J connectivity index is 1.73. The largest absolute Gasteiger partial charge is 0.444 e. The fourth-order valence-corrected chi connectivity index (χ4v) is 3.14. The lowest BCUT2D eigenvalue weighted by Crippen LogP contribution is -2.53. The zero-order valence-corrected chi connectivity index (χ0v) is 16.1. The summed E-state index contributed by atoms with van der Waals surface area (Å²) in [6, 6.07) is 5.86. The highest BCUT2D eigenvalue weighted by molar-refractivity contribution is 6.20. The molecule has 2 aliphatic rings. The smallest absolute Gasteiger partial charge is 0.410 e. The number of fused-ring (bicyclic) bond motifs is 1. The maximum absolute atomic E-state index is 14.1. The molecule has 0 N–H and O–H groups in total. The number of ether oxygens (including phenoxy) is 1. The molecule has 10 heteroatoms. The average molecular weight is 410 g/mol. The summed E-state index contributed by atoms with van der Waals surface area (Å²) in [4.78, 5) is 54.8. The molecule has 0 saturated carbocycles. The van der Waals surface area contributed by atoms with Gasteiger partial charge in [-0.1, -0.05) is 17.2 Å². The monoisotopic (exact) mass is 410 g/mol. The van der Waals surface area contributed by atoms with Gasteiger partial charge in [-0.05, 0) is 32.9 Å². The predicted octanol–water partition coefficient (Wildman–Crippen LogP) is 2.63. The molecule has 1 unspecified atom stereocenters. The first kappa shape index (κ1) is 20.7. The molecule has 2 heterocycles. The molecule has 0 bridgehead atoms. The minimum Gasteiger partial charge on any atom is -0.444 e. The number of piperidine rings is 1. The van der Waals surface area contributed by atoms with E-state index in [4.69, 9.17) is 9.57 Å². The van der Waals surface area contributed by atoms with Crippen LogP contribution in [0.2, 0.25) is 0 Å². The van der Waals surface area contributed by atoms with E-state index in [-0.39, 0.29) is 22.7 Å². The predicted molar refractivity (Wildman–Crippen MR) is 93.9 cm³/mol. The van der Waals surface area contributed by atoms with Gasteiger partial charge < -0.3 is 14.5 Å². The summed E-state index contributed by atoms with van der Waals surface area (Å²) in [5.41, 5.74) is -0.802. The quantitative estimate of drug-likeness (QED) is 0.696. The Morgan fingerprint density at radius 1 is 1.10 bits per heavy atom. The van der Waals surface area contributed by atoms with Gasteiger partial charge in [0.25, 0.3) is 17.7 Å². The van der Waals surface area contributed by atoms with Gasteiger partial charge in [0, 0.05) is 13.0 Å². The number of imide groups is 1. The molecule has 156 valence electrons. The van der Waals surface area contributed by atoms with Crippen LogP contribution in [0.5, 0.6) is 0 Å². The zero-order valence-electron chi connectivity index (χ0n) is 16.1. The van der Waals surface area contributed by atoms with E-state index in [0.717, 1.165) is 4.90 Å². The number of carbonyl (C=O) groups excluding carboxylic acids is 4. The van der Waals surface area contributed by atoms with Crippen LogP contribution in [0.3, 0.4) is 0 Å². The van der Waals surface area contributed by atoms with Crippen molar-refractivity contribution in [2.45, 2.75) is 38.7 Å². The lowest BCUT2D eigenvalue weighted by molar-refractivity contribution is -0.181. The number of benzene rings is 1. The molecule has 1 atom stereocenters. The SMILES string of the molecule is CC(C)(C)OC(=O)N1CC(C(=O)ON2C(=O)c3ccccc3C2=O)CC(F)(F)C1. The van der Waals surface area contributed by atoms with Gasteiger partial charge in [-0.2, -0.15) is 0 Å². The van der Waals surface area contributed by atoms with Crippen LogP contribution in [0.1, 0.15) is 47.9 Å². The molecular weight excluding hydrogens is 390 g/mol. The van der Waals surface area contributed by atoms with Crippen molar-refractivity contribution in [3.63, 3.8) is 0 Å². The highest BCUT2D eigenvalue weighted by atomic mass is 19.3. The molecule has 0 aromatic heterocycles. The molecule has 1 saturated heterocycles. The van der Waals surface area contributed by atoms with E-state index in [1.54, 1.807) is 20.8 Å². The van der Waals surface area contributed by atoms with Crippen LogP contribution in [0.4, 0.5) is 13.6 Å². The number of carbonyl (C=O) groups is 4. The van der Waals surface area contributed by atoms with Crippen molar-refractivity contribution < 1.29 is 37.5 Å². The fraction of sp³-hybridized carbons (Fsp3) is 0.474. The number of alkyl halides is 2. The van der Waals surface area contributed by atoms with E-state index in [2.05, 4.69) is 0 Å². The average Bonchev–Trinajstić information content (AvgIpc) is 2.84. The van der Waals surface area contributed by atoms with Gasteiger partial charge in [0.1, 0.15) is 5.60 Å². The number of amides is 3. The normalized spacial score (nSPS) is 21.1. The second-order valence-corrected chi connectivity index (χ2v) is 7.98. The first-order chi connectivity index (χ1) is 13.4. The van der Waals surface area contributed by atoms with Crippen LogP contribution in [0.15, 0.2) is 24.3 Å². The van der Waals surface area contributed by atoms with Crippen LogP contribution < -0.4 is 0 Å². The van der Waals surface area contributed by atoms with Crippen LogP contribution in [-0.2, 0) is 14.4 Å². The van der Waals surface area contributed by atoms with Gasteiger partial charge in [-0.15, -0.1) is 0 Å². The molecule has 1 fully saturated rings. The second-order valence-electron chi connectivity index (χ2n) is 7.98. The van der Waals surface area contributed by atoms with Crippen LogP contribution >= 0.6 is 0 Å². The topological polar surface area (TPSA) is 93.2 Å². The van der Waals surface area contributed by atoms with Gasteiger partial charge in [-0.25, -0.2) is 18.4 Å². The van der Waals surface area contributed by atoms with E-state index in [1.807, 2.05) is 0 Å². The molecule has 3 rings (SSSR count). The van der Waals surface area contributed by atoms with Gasteiger partial charge in [-0.3, -0.25) is 9.59 Å². The lowest BCUT2D eigenvalue weighted by Gasteiger charge is -2.37. The number of halogens is 2. The van der Waals surface area contributed by atoms with Gasteiger partial charge >= 0.3 is 12.1 Å². The molecule has 0 spiro atoms. The molecule has 1 aromatic carbocycles. The number of hydrogen-bond acceptors (Lipinski definition) is 6. The summed E-state index contributed by atoms with van der Waals surface area (Å²) < 4.78 is 33.4. The van der Waals surface area contributed by atoms with Gasteiger partial charge in [0.15, 0.2) is 0 Å². The van der Waals surface area contributed by atoms with E-state index in [9.17, 15) is 28.0 Å². The van der Waals surface area contributed by atoms with Crippen molar-refractivity contribution in [3.8, 4) is 0 Å². The Hall–Kier alpha value is -3.04. The van der Waals surface area contributed by atoms with Crippen LogP contribution in [-0.4, -0.2) is 58.5 Å². The van der Waals surface area contributed by atoms with Crippen molar-refractivity contribution >= 4 is 23.9 Å². The highest BCUT2D eigenvalue weighted by Crippen LogP contribution is 2.33. The second kappa shape index (κ2) is 7.09. The van der Waals surface area contributed by atoms with Crippen LogP contribution in [0.25, 0.3) is 0 Å². The standard InChI is InChI=1S/C19H20F2N2O6/c1-18(2,3)28-17(27)22-9-11(8-19(20,21)10-22)16(26)29-23-14(24)12-6-4-5-7-13(12)15(23)25/h4-7,11H,8-10H2,1-3H3. The molecule has 2 aliphatic heterocycles. The molecule has 1 aromatic rings. The highest BCUT2D eigenvalue weighted by Gasteiger charge is 2.48. The van der Waals surface area contributed by atoms with E-state index >= 15 is 0 Å². The first-order valence-corrected chi connectivity index (χ1v) is 8.93. The van der Waals surface area contributed by atoms with Crippen molar-refractivity contribution in [2.24, 2.45) is 5.92 Å². The summed E-state index contributed by atoms with van der Waals surface area (Å²) in [5, 5.41) is 0.261. The van der Waals surface area contributed by atoms with E-state index in [0.29, 0.717) is 0 Å². The number of likely N-dealkylation sites (tertiary alicyclic amines) is 1. The molecule has 29 heavy (non-hydrogen) atoms. The van der Waals surface area contributed by atoms with Crippen molar-refractivity contribution in [2.75, 3.05) is 13.1 Å². The molecule has 3 amide bonds. The Morgan fingerprint density at radius 2 is 1.66 bits per heavy atom. The summed E-state index contributed by atoms with van der Waals surface area (Å²) in [6.07, 6.45) is -1.87. The number of rotatable bonds is 2. The third-order valence-electron chi connectivity index (χ3n) is 4.33. The maximum atomic E-state index is 14.1. The van der Waals surface area contributed by atoms with Gasteiger partial charge in [0.2, 0.25) is 0 Å². The number of hydrogen-bond donors (Lipinski definition) is 0. The maximum Gasteiger partial charge on any atom is 0.410 e. The summed E-state index contributed by atoms with van der Waals surface area (Å²) in [5.74, 6) is -7.71. The third kappa shape index (κ3) is 4.36. The Bertz CT molecular complexity index is 845. The number of hydroxylamine groups is 2. The Kier molecular flexibility index (Phi) is 5.06. The summed E-state index contributed by atoms with van der Waals surface area (Å²) in [6.45, 7) is 3.47. The molecule has 0 radical (unpaired) electrons. The fourth-order valence-electron chi connectivity index (χ4n) is 3.14. The lowest BCUT2D eigenvalue weighted by atomic mass is 9.95. The third-order valence-corrected chi connectivity index (χ3v) is 4.33. The minimum atomic E-state index is -3.36. The van der Waals surface area contributed by atoms with Crippen molar-refractivity contribution in [3.05, 3.63) is 35.4 Å². The number of nitrogens with zero attached hydrogens (tertiary/aromatic N) is 2.